The molecule has 0 spiro atoms. The smallest absolute Gasteiger partial charge is 0.285 e. The van der Waals surface area contributed by atoms with Crippen LogP contribution in [0.25, 0.3) is 0 Å². The van der Waals surface area contributed by atoms with Crippen molar-refractivity contribution in [3.05, 3.63) is 24.3 Å². The van der Waals surface area contributed by atoms with Crippen molar-refractivity contribution in [3.63, 3.8) is 0 Å². The van der Waals surface area contributed by atoms with Gasteiger partial charge in [0.1, 0.15) is 6.54 Å². The Morgan fingerprint density at radius 3 is 2.36 bits per heavy atom. The van der Waals surface area contributed by atoms with E-state index in [9.17, 15) is 9.59 Å². The van der Waals surface area contributed by atoms with Gasteiger partial charge in [-0.2, -0.15) is 0 Å². The second kappa shape index (κ2) is 6.58. The van der Waals surface area contributed by atoms with Crippen LogP contribution in [0.15, 0.2) is 24.3 Å². The number of anilines is 2. The van der Waals surface area contributed by atoms with E-state index in [-0.39, 0.29) is 24.4 Å². The van der Waals surface area contributed by atoms with Crippen LogP contribution in [0, 0.1) is 23.2 Å². The monoisotopic (exact) mass is 382 g/mol. The number of para-hydroxylation sites is 2. The van der Waals surface area contributed by atoms with Crippen molar-refractivity contribution in [2.75, 3.05) is 16.8 Å². The van der Waals surface area contributed by atoms with Crippen molar-refractivity contribution in [1.82, 2.24) is 0 Å². The van der Waals surface area contributed by atoms with Crippen molar-refractivity contribution in [2.24, 2.45) is 23.2 Å². The Kier molecular flexibility index (Phi) is 4.27. The van der Waals surface area contributed by atoms with Crippen LogP contribution in [0.2, 0.25) is 0 Å². The van der Waals surface area contributed by atoms with Crippen LogP contribution < -0.4 is 15.5 Å². The molecule has 4 saturated carbocycles. The van der Waals surface area contributed by atoms with E-state index >= 15 is 0 Å². The zero-order chi connectivity index (χ0) is 19.5. The quantitative estimate of drug-likeness (QED) is 0.840. The Morgan fingerprint density at radius 1 is 1.11 bits per heavy atom. The van der Waals surface area contributed by atoms with E-state index in [2.05, 4.69) is 17.6 Å². The molecular formula is C23H32N3O2+. The molecule has 1 heterocycles. The maximum atomic E-state index is 13.3. The lowest BCUT2D eigenvalue weighted by Gasteiger charge is -2.58. The van der Waals surface area contributed by atoms with E-state index in [1.807, 2.05) is 31.2 Å². The zero-order valence-corrected chi connectivity index (χ0v) is 17.0. The molecule has 4 bridgehead atoms. The minimum Gasteiger partial charge on any atom is -0.334 e. The van der Waals surface area contributed by atoms with Gasteiger partial charge in [0.05, 0.1) is 17.4 Å². The van der Waals surface area contributed by atoms with E-state index in [0.29, 0.717) is 11.5 Å². The summed E-state index contributed by atoms with van der Waals surface area (Å²) in [5, 5.41) is 5.17. The van der Waals surface area contributed by atoms with Gasteiger partial charge in [-0.3, -0.25) is 14.5 Å². The van der Waals surface area contributed by atoms with Crippen molar-refractivity contribution < 1.29 is 14.9 Å². The van der Waals surface area contributed by atoms with Gasteiger partial charge in [0.2, 0.25) is 5.91 Å². The molecule has 1 aromatic rings. The third-order valence-corrected chi connectivity index (χ3v) is 8.06. The summed E-state index contributed by atoms with van der Waals surface area (Å²) in [5.74, 6) is 2.69. The highest BCUT2D eigenvalue weighted by Gasteiger charge is 2.55. The Hall–Kier alpha value is -1.88. The van der Waals surface area contributed by atoms with Crippen molar-refractivity contribution in [2.45, 2.75) is 64.5 Å². The van der Waals surface area contributed by atoms with E-state index < -0.39 is 0 Å². The Balaban J connectivity index is 1.31. The number of nitrogens with two attached hydrogens (primary N) is 1. The number of fused-ring (bicyclic) bond motifs is 1. The zero-order valence-electron chi connectivity index (χ0n) is 17.0. The molecule has 0 radical (unpaired) electrons. The van der Waals surface area contributed by atoms with Gasteiger partial charge in [-0.25, -0.2) is 0 Å². The summed E-state index contributed by atoms with van der Waals surface area (Å²) in [6.45, 7) is 4.46. The number of carbonyl (C=O) groups excluding carboxylic acids is 2. The third kappa shape index (κ3) is 2.95. The van der Waals surface area contributed by atoms with E-state index in [1.165, 1.54) is 38.5 Å². The maximum Gasteiger partial charge on any atom is 0.285 e. The molecule has 5 aliphatic rings. The first-order valence-corrected chi connectivity index (χ1v) is 11.0. The van der Waals surface area contributed by atoms with Crippen LogP contribution in [-0.2, 0) is 9.59 Å². The minimum atomic E-state index is -0.179. The predicted octanol–water partition coefficient (Wildman–Crippen LogP) is 2.53. The summed E-state index contributed by atoms with van der Waals surface area (Å²) in [6.07, 6.45) is 8.39. The molecule has 5 nitrogen and oxygen atoms in total. The van der Waals surface area contributed by atoms with Gasteiger partial charge in [0.15, 0.2) is 6.04 Å². The first-order chi connectivity index (χ1) is 13.4. The van der Waals surface area contributed by atoms with Crippen molar-refractivity contribution in [3.8, 4) is 0 Å². The molecule has 3 N–H and O–H groups in total. The molecule has 6 rings (SSSR count). The fraction of sp³-hybridized carbons (Fsp3) is 0.652. The summed E-state index contributed by atoms with van der Waals surface area (Å²) in [7, 11) is 0. The SMILES string of the molecule is C[C@H]([NH2+][C@H](C)C12CC3CC(CC(C3)C1)C2)C(=O)N1CC(=O)Nc2ccccc21. The standard InChI is InChI=1S/C23H31N3O2/c1-14(22(28)26-13-21(27)25-19-5-3-4-6-20(19)26)24-15(2)23-10-16-7-17(11-23)9-18(8-16)12-23/h3-6,14-18,24H,7-13H2,1-2H3,(H,25,27)/p+1/t14-,15+,16?,17?,18?,23?/m0/s1. The Labute approximate surface area is 167 Å². The first kappa shape index (κ1) is 18.2. The largest absolute Gasteiger partial charge is 0.334 e. The van der Waals surface area contributed by atoms with E-state index in [4.69, 9.17) is 0 Å². The highest BCUT2D eigenvalue weighted by atomic mass is 16.2. The molecule has 4 aliphatic carbocycles. The molecular weight excluding hydrogens is 350 g/mol. The summed E-state index contributed by atoms with van der Waals surface area (Å²) < 4.78 is 0. The predicted molar refractivity (Wildman–Crippen MR) is 109 cm³/mol. The summed E-state index contributed by atoms with van der Waals surface area (Å²) in [5.41, 5.74) is 1.96. The summed E-state index contributed by atoms with van der Waals surface area (Å²) in [4.78, 5) is 27.1. The second-order valence-electron chi connectivity index (χ2n) is 10.0. The molecule has 0 aromatic heterocycles. The first-order valence-electron chi connectivity index (χ1n) is 11.0. The molecule has 28 heavy (non-hydrogen) atoms. The number of nitrogens with one attached hydrogen (secondary N) is 1. The number of nitrogens with zero attached hydrogens (tertiary/aromatic N) is 1. The number of hydrogen-bond donors (Lipinski definition) is 2. The van der Waals surface area contributed by atoms with Gasteiger partial charge in [-0.15, -0.1) is 0 Å². The van der Waals surface area contributed by atoms with Crippen molar-refractivity contribution in [1.29, 1.82) is 0 Å². The molecule has 0 saturated heterocycles. The average molecular weight is 383 g/mol. The lowest BCUT2D eigenvalue weighted by molar-refractivity contribution is -0.718. The number of benzene rings is 1. The molecule has 150 valence electrons. The highest BCUT2D eigenvalue weighted by molar-refractivity contribution is 6.10. The average Bonchev–Trinajstić information content (AvgIpc) is 2.65. The second-order valence-corrected chi connectivity index (χ2v) is 10.0. The fourth-order valence-corrected chi connectivity index (χ4v) is 7.13. The van der Waals surface area contributed by atoms with Gasteiger partial charge in [0, 0.05) is 5.41 Å². The normalized spacial score (nSPS) is 35.3. The lowest BCUT2D eigenvalue weighted by atomic mass is 9.48. The van der Waals surface area contributed by atoms with Gasteiger partial charge in [-0.1, -0.05) is 12.1 Å². The number of quaternary nitrogens is 1. The molecule has 5 heteroatoms. The lowest BCUT2D eigenvalue weighted by Crippen LogP contribution is -2.99. The number of hydrogen-bond acceptors (Lipinski definition) is 2. The molecule has 1 aliphatic heterocycles. The molecule has 2 atom stereocenters. The summed E-state index contributed by atoms with van der Waals surface area (Å²) in [6, 6.07) is 7.86. The molecule has 4 fully saturated rings. The summed E-state index contributed by atoms with van der Waals surface area (Å²) >= 11 is 0. The molecule has 1 aromatic carbocycles. The topological polar surface area (TPSA) is 66.0 Å². The van der Waals surface area contributed by atoms with Crippen LogP contribution in [0.5, 0.6) is 0 Å². The third-order valence-electron chi connectivity index (χ3n) is 8.06. The number of amides is 2. The molecule has 2 amide bonds. The van der Waals surface area contributed by atoms with Gasteiger partial charge >= 0.3 is 0 Å². The van der Waals surface area contributed by atoms with Gasteiger partial charge < -0.3 is 10.6 Å². The van der Waals surface area contributed by atoms with Crippen LogP contribution in [0.1, 0.15) is 52.4 Å². The Bertz CT molecular complexity index is 770. The Morgan fingerprint density at radius 2 is 1.71 bits per heavy atom. The fourth-order valence-electron chi connectivity index (χ4n) is 7.13. The van der Waals surface area contributed by atoms with E-state index in [1.54, 1.807) is 4.90 Å². The van der Waals surface area contributed by atoms with Gasteiger partial charge in [0.25, 0.3) is 5.91 Å². The molecule has 0 unspecified atom stereocenters. The maximum absolute atomic E-state index is 13.3. The number of rotatable bonds is 4. The van der Waals surface area contributed by atoms with Crippen LogP contribution >= 0.6 is 0 Å². The van der Waals surface area contributed by atoms with Crippen LogP contribution in [0.4, 0.5) is 11.4 Å². The van der Waals surface area contributed by atoms with Gasteiger partial charge in [-0.05, 0) is 82.3 Å². The highest BCUT2D eigenvalue weighted by Crippen LogP contribution is 2.60. The van der Waals surface area contributed by atoms with E-state index in [0.717, 1.165) is 29.1 Å². The van der Waals surface area contributed by atoms with Crippen LogP contribution in [-0.4, -0.2) is 30.4 Å². The van der Waals surface area contributed by atoms with Crippen LogP contribution in [0.3, 0.4) is 0 Å². The minimum absolute atomic E-state index is 0.0406. The number of carbonyl (C=O) groups is 2. The van der Waals surface area contributed by atoms with Crippen molar-refractivity contribution >= 4 is 23.2 Å².